The maximum atomic E-state index is 12.4. The van der Waals surface area contributed by atoms with Crippen molar-refractivity contribution in [2.75, 3.05) is 0 Å². The Hall–Kier alpha value is -2.86. The number of aromatic amines is 1. The molecule has 1 N–H and O–H groups in total. The normalized spacial score (nSPS) is 11.1. The number of rotatable bonds is 4. The second kappa shape index (κ2) is 6.57. The Morgan fingerprint density at radius 2 is 1.80 bits per heavy atom. The molecule has 2 heterocycles. The Morgan fingerprint density at radius 1 is 1.04 bits per heavy atom. The molecule has 0 unspecified atom stereocenters. The quantitative estimate of drug-likeness (QED) is 0.571. The molecule has 0 saturated heterocycles. The number of aromatic nitrogens is 4. The van der Waals surface area contributed by atoms with Crippen molar-refractivity contribution in [3.63, 3.8) is 0 Å². The lowest BCUT2D eigenvalue weighted by Gasteiger charge is -2.03. The summed E-state index contributed by atoms with van der Waals surface area (Å²) in [5.74, 6) is 1.17. The molecule has 0 bridgehead atoms. The van der Waals surface area contributed by atoms with Crippen molar-refractivity contribution in [3.05, 3.63) is 82.1 Å². The first kappa shape index (κ1) is 15.7. The first-order valence-electron chi connectivity index (χ1n) is 7.93. The molecule has 0 amide bonds. The van der Waals surface area contributed by atoms with Gasteiger partial charge in [-0.15, -0.1) is 0 Å². The van der Waals surface area contributed by atoms with E-state index in [9.17, 15) is 4.79 Å². The average Bonchev–Trinajstić information content (AvgIpc) is 3.05. The van der Waals surface area contributed by atoms with E-state index in [1.807, 2.05) is 49.4 Å². The highest BCUT2D eigenvalue weighted by Crippen LogP contribution is 2.22. The molecule has 6 heteroatoms. The number of nitrogens with zero attached hydrogens (tertiary/aromatic N) is 3. The van der Waals surface area contributed by atoms with Gasteiger partial charge in [0.15, 0.2) is 5.16 Å². The number of fused-ring (bicyclic) bond motifs is 1. The molecule has 4 rings (SSSR count). The zero-order chi connectivity index (χ0) is 17.2. The third kappa shape index (κ3) is 3.21. The van der Waals surface area contributed by atoms with Gasteiger partial charge in [0, 0.05) is 17.4 Å². The first-order chi connectivity index (χ1) is 12.2. The summed E-state index contributed by atoms with van der Waals surface area (Å²) >= 11 is 1.55. The SMILES string of the molecule is Cc1ccccc1-c1cc(=O)n2[nH]c(SCc3ccccc3)nc2n1. The largest absolute Gasteiger partial charge is 0.274 e. The van der Waals surface area contributed by atoms with Crippen LogP contribution in [-0.4, -0.2) is 19.6 Å². The van der Waals surface area contributed by atoms with Crippen molar-refractivity contribution in [1.29, 1.82) is 0 Å². The number of nitrogens with one attached hydrogen (secondary N) is 1. The van der Waals surface area contributed by atoms with Crippen molar-refractivity contribution in [1.82, 2.24) is 19.6 Å². The second-order valence-corrected chi connectivity index (χ2v) is 6.70. The number of hydrogen-bond acceptors (Lipinski definition) is 4. The smallest absolute Gasteiger partial charge is 0.267 e. The maximum Gasteiger partial charge on any atom is 0.274 e. The molecular formula is C19H16N4OS. The molecule has 0 radical (unpaired) electrons. The molecular weight excluding hydrogens is 332 g/mol. The molecule has 0 saturated carbocycles. The fourth-order valence-corrected chi connectivity index (χ4v) is 3.45. The van der Waals surface area contributed by atoms with Crippen LogP contribution in [0.3, 0.4) is 0 Å². The minimum absolute atomic E-state index is 0.165. The van der Waals surface area contributed by atoms with Gasteiger partial charge in [-0.2, -0.15) is 9.50 Å². The van der Waals surface area contributed by atoms with Crippen LogP contribution in [0.2, 0.25) is 0 Å². The third-order valence-electron chi connectivity index (χ3n) is 3.95. The minimum atomic E-state index is -0.165. The predicted molar refractivity (Wildman–Crippen MR) is 99.8 cm³/mol. The molecule has 0 fully saturated rings. The highest BCUT2D eigenvalue weighted by molar-refractivity contribution is 7.98. The van der Waals surface area contributed by atoms with E-state index in [1.165, 1.54) is 10.1 Å². The molecule has 4 aromatic rings. The van der Waals surface area contributed by atoms with Crippen LogP contribution in [0.1, 0.15) is 11.1 Å². The molecule has 0 aliphatic heterocycles. The topological polar surface area (TPSA) is 63.0 Å². The van der Waals surface area contributed by atoms with Crippen molar-refractivity contribution in [3.8, 4) is 11.3 Å². The van der Waals surface area contributed by atoms with Gasteiger partial charge in [-0.3, -0.25) is 9.89 Å². The second-order valence-electron chi connectivity index (χ2n) is 5.73. The molecule has 0 atom stereocenters. The van der Waals surface area contributed by atoms with Gasteiger partial charge in [-0.05, 0) is 18.1 Å². The van der Waals surface area contributed by atoms with Gasteiger partial charge < -0.3 is 0 Å². The van der Waals surface area contributed by atoms with Crippen LogP contribution in [0, 0.1) is 6.92 Å². The van der Waals surface area contributed by atoms with Gasteiger partial charge in [-0.1, -0.05) is 66.4 Å². The van der Waals surface area contributed by atoms with E-state index in [-0.39, 0.29) is 5.56 Å². The fourth-order valence-electron chi connectivity index (χ4n) is 2.65. The predicted octanol–water partition coefficient (Wildman–Crippen LogP) is 3.69. The van der Waals surface area contributed by atoms with Crippen LogP contribution in [0.5, 0.6) is 0 Å². The number of H-pyrrole nitrogens is 1. The summed E-state index contributed by atoms with van der Waals surface area (Å²) in [6.45, 7) is 2.00. The summed E-state index contributed by atoms with van der Waals surface area (Å²) in [6.07, 6.45) is 0. The van der Waals surface area contributed by atoms with Gasteiger partial charge in [0.1, 0.15) is 0 Å². The zero-order valence-electron chi connectivity index (χ0n) is 13.6. The van der Waals surface area contributed by atoms with Crippen LogP contribution in [0.4, 0.5) is 0 Å². The molecule has 0 spiro atoms. The fraction of sp³-hybridized carbons (Fsp3) is 0.105. The summed E-state index contributed by atoms with van der Waals surface area (Å²) in [5, 5.41) is 3.70. The van der Waals surface area contributed by atoms with Crippen molar-refractivity contribution < 1.29 is 0 Å². The third-order valence-corrected chi connectivity index (χ3v) is 4.88. The maximum absolute atomic E-state index is 12.4. The summed E-state index contributed by atoms with van der Waals surface area (Å²) in [4.78, 5) is 21.4. The molecule has 5 nitrogen and oxygen atoms in total. The monoisotopic (exact) mass is 348 g/mol. The number of hydrogen-bond donors (Lipinski definition) is 1. The van der Waals surface area contributed by atoms with Crippen LogP contribution in [0.25, 0.3) is 17.0 Å². The van der Waals surface area contributed by atoms with Crippen LogP contribution < -0.4 is 5.56 Å². The van der Waals surface area contributed by atoms with E-state index in [0.29, 0.717) is 16.6 Å². The summed E-state index contributed by atoms with van der Waals surface area (Å²) in [7, 11) is 0. The van der Waals surface area contributed by atoms with Crippen LogP contribution in [0.15, 0.2) is 70.6 Å². The molecule has 2 aromatic heterocycles. The minimum Gasteiger partial charge on any atom is -0.267 e. The molecule has 0 aliphatic carbocycles. The van der Waals surface area contributed by atoms with E-state index < -0.39 is 0 Å². The van der Waals surface area contributed by atoms with E-state index in [2.05, 4.69) is 27.2 Å². The Kier molecular flexibility index (Phi) is 4.11. The highest BCUT2D eigenvalue weighted by atomic mass is 32.2. The van der Waals surface area contributed by atoms with E-state index in [4.69, 9.17) is 0 Å². The molecule has 0 aliphatic rings. The molecule has 124 valence electrons. The van der Waals surface area contributed by atoms with Gasteiger partial charge in [0.25, 0.3) is 11.3 Å². The standard InChI is InChI=1S/C19H16N4OS/c1-13-7-5-6-10-15(13)16-11-17(24)23-18(20-16)21-19(22-23)25-12-14-8-3-2-4-9-14/h2-11H,12H2,1H3,(H,20,21,22). The number of benzene rings is 2. The van der Waals surface area contributed by atoms with Crippen LogP contribution >= 0.6 is 11.8 Å². The first-order valence-corrected chi connectivity index (χ1v) is 8.92. The lowest BCUT2D eigenvalue weighted by molar-refractivity contribution is 0.851. The lowest BCUT2D eigenvalue weighted by Crippen LogP contribution is -2.14. The summed E-state index contributed by atoms with van der Waals surface area (Å²) in [5.41, 5.74) is 3.71. The lowest BCUT2D eigenvalue weighted by atomic mass is 10.1. The van der Waals surface area contributed by atoms with Gasteiger partial charge >= 0.3 is 0 Å². The van der Waals surface area contributed by atoms with Crippen molar-refractivity contribution in [2.24, 2.45) is 0 Å². The van der Waals surface area contributed by atoms with Gasteiger partial charge in [-0.25, -0.2) is 4.98 Å². The van der Waals surface area contributed by atoms with Gasteiger partial charge in [0.05, 0.1) is 5.69 Å². The Balaban J connectivity index is 1.68. The van der Waals surface area contributed by atoms with Gasteiger partial charge in [0.2, 0.25) is 0 Å². The van der Waals surface area contributed by atoms with E-state index in [1.54, 1.807) is 17.8 Å². The Bertz CT molecular complexity index is 1090. The van der Waals surface area contributed by atoms with Crippen LogP contribution in [-0.2, 0) is 5.75 Å². The molecule has 2 aromatic carbocycles. The number of thioether (sulfide) groups is 1. The Labute approximate surface area is 148 Å². The molecule has 25 heavy (non-hydrogen) atoms. The van der Waals surface area contributed by atoms with E-state index in [0.717, 1.165) is 16.9 Å². The van der Waals surface area contributed by atoms with Crippen molar-refractivity contribution in [2.45, 2.75) is 17.8 Å². The highest BCUT2D eigenvalue weighted by Gasteiger charge is 2.11. The zero-order valence-corrected chi connectivity index (χ0v) is 14.5. The summed E-state index contributed by atoms with van der Waals surface area (Å²) < 4.78 is 1.38. The summed E-state index contributed by atoms with van der Waals surface area (Å²) in [6, 6.07) is 19.6. The number of aryl methyl sites for hydroxylation is 1. The average molecular weight is 348 g/mol. The van der Waals surface area contributed by atoms with Crippen molar-refractivity contribution >= 4 is 17.5 Å². The Morgan fingerprint density at radius 3 is 2.60 bits per heavy atom. The van der Waals surface area contributed by atoms with E-state index >= 15 is 0 Å².